The maximum absolute atomic E-state index is 12.4. The minimum absolute atomic E-state index is 0. The Morgan fingerprint density at radius 3 is 2.50 bits per heavy atom. The number of hydrogen-bond acceptors (Lipinski definition) is 4. The fraction of sp³-hybridized carbons (Fsp3) is 0.333. The Balaban J connectivity index is 0.00000288. The number of amides is 1. The molecule has 1 unspecified atom stereocenters. The van der Waals surface area contributed by atoms with Gasteiger partial charge in [0.1, 0.15) is 6.04 Å². The predicted octanol–water partition coefficient (Wildman–Crippen LogP) is 3.25. The van der Waals surface area contributed by atoms with E-state index in [0.29, 0.717) is 10.6 Å². The predicted molar refractivity (Wildman–Crippen MR) is 89.2 cm³/mol. The first-order valence-electron chi connectivity index (χ1n) is 6.89. The minimum Gasteiger partial charge on any atom is -0.354 e. The molecule has 0 fully saturated rings. The monoisotopic (exact) mass is 379 g/mol. The summed E-state index contributed by atoms with van der Waals surface area (Å²) in [6.45, 7) is 2.11. The molecule has 0 saturated heterocycles. The maximum atomic E-state index is 12.4. The fourth-order valence-corrected chi connectivity index (χ4v) is 2.69. The van der Waals surface area contributed by atoms with Gasteiger partial charge in [-0.1, -0.05) is 29.8 Å². The molecule has 0 saturated carbocycles. The van der Waals surface area contributed by atoms with Crippen molar-refractivity contribution < 1.29 is 18.0 Å². The second-order valence-corrected chi connectivity index (χ2v) is 6.00. The number of hydrogen-bond donors (Lipinski definition) is 2. The van der Waals surface area contributed by atoms with Crippen molar-refractivity contribution in [1.29, 1.82) is 0 Å². The van der Waals surface area contributed by atoms with Crippen molar-refractivity contribution >= 4 is 29.7 Å². The molecule has 2 rings (SSSR count). The molecular formula is C15H17ClF3N3OS. The number of aryl methyl sites for hydroxylation is 1. The topological polar surface area (TPSA) is 68.0 Å². The molecule has 2 aromatic rings. The van der Waals surface area contributed by atoms with Crippen molar-refractivity contribution in [3.8, 4) is 0 Å². The van der Waals surface area contributed by atoms with E-state index in [9.17, 15) is 18.0 Å². The van der Waals surface area contributed by atoms with E-state index in [2.05, 4.69) is 10.3 Å². The van der Waals surface area contributed by atoms with E-state index in [-0.39, 0.29) is 31.3 Å². The quantitative estimate of drug-likeness (QED) is 0.838. The number of thiazole rings is 1. The van der Waals surface area contributed by atoms with E-state index in [4.69, 9.17) is 5.73 Å². The lowest BCUT2D eigenvalue weighted by Gasteiger charge is -2.12. The van der Waals surface area contributed by atoms with Crippen LogP contribution in [0.4, 0.5) is 13.2 Å². The lowest BCUT2D eigenvalue weighted by Crippen LogP contribution is -2.35. The first-order chi connectivity index (χ1) is 10.8. The number of halogens is 4. The Bertz CT molecular complexity index is 673. The number of nitrogens with one attached hydrogen (secondary N) is 1. The van der Waals surface area contributed by atoms with Crippen molar-refractivity contribution in [2.24, 2.45) is 5.73 Å². The summed E-state index contributed by atoms with van der Waals surface area (Å²) in [6, 6.07) is 6.46. The fourth-order valence-electron chi connectivity index (χ4n) is 1.88. The van der Waals surface area contributed by atoms with Crippen LogP contribution in [0.3, 0.4) is 0 Å². The zero-order valence-corrected chi connectivity index (χ0v) is 14.4. The van der Waals surface area contributed by atoms with Gasteiger partial charge in [0.05, 0.1) is 5.01 Å². The Morgan fingerprint density at radius 2 is 1.96 bits per heavy atom. The van der Waals surface area contributed by atoms with Gasteiger partial charge in [0, 0.05) is 18.3 Å². The number of carbonyl (C=O) groups excluding carboxylic acids is 1. The number of alkyl halides is 3. The van der Waals surface area contributed by atoms with Crippen LogP contribution in [-0.4, -0.2) is 17.4 Å². The van der Waals surface area contributed by atoms with Gasteiger partial charge in [-0.15, -0.1) is 23.7 Å². The smallest absolute Gasteiger partial charge is 0.354 e. The molecule has 0 bridgehead atoms. The van der Waals surface area contributed by atoms with Gasteiger partial charge in [-0.3, -0.25) is 4.79 Å². The molecule has 0 aliphatic rings. The molecule has 0 radical (unpaired) electrons. The van der Waals surface area contributed by atoms with Crippen LogP contribution in [0.25, 0.3) is 0 Å². The average Bonchev–Trinajstić information content (AvgIpc) is 2.96. The van der Waals surface area contributed by atoms with Crippen molar-refractivity contribution in [3.05, 3.63) is 51.5 Å². The summed E-state index contributed by atoms with van der Waals surface area (Å²) in [5, 5.41) is 3.90. The maximum Gasteiger partial charge on any atom is 0.434 e. The standard InChI is InChI=1S/C15H16F3N3OS.ClH/c1-9-2-4-10(5-3-9)13(19)14(22)20-7-6-12-21-11(8-23-12)15(16,17)18;/h2-5,8,13H,6-7,19H2,1H3,(H,20,22);1H. The highest BCUT2D eigenvalue weighted by Crippen LogP contribution is 2.30. The molecule has 132 valence electrons. The van der Waals surface area contributed by atoms with Crippen molar-refractivity contribution in [1.82, 2.24) is 10.3 Å². The molecule has 0 aliphatic carbocycles. The molecule has 4 nitrogen and oxygen atoms in total. The van der Waals surface area contributed by atoms with Crippen LogP contribution in [0.2, 0.25) is 0 Å². The first-order valence-corrected chi connectivity index (χ1v) is 7.77. The van der Waals surface area contributed by atoms with E-state index < -0.39 is 17.9 Å². The minimum atomic E-state index is -4.44. The molecule has 1 atom stereocenters. The second kappa shape index (κ2) is 8.46. The van der Waals surface area contributed by atoms with Crippen LogP contribution in [0, 0.1) is 6.92 Å². The Hall–Kier alpha value is -1.64. The Morgan fingerprint density at radius 1 is 1.33 bits per heavy atom. The SMILES string of the molecule is Cc1ccc(C(N)C(=O)NCCc2nc(C(F)(F)F)cs2)cc1.Cl. The molecular weight excluding hydrogens is 363 g/mol. The summed E-state index contributed by atoms with van der Waals surface area (Å²) in [6.07, 6.45) is -4.21. The lowest BCUT2D eigenvalue weighted by molar-refractivity contribution is -0.140. The van der Waals surface area contributed by atoms with Crippen molar-refractivity contribution in [3.63, 3.8) is 0 Å². The molecule has 3 N–H and O–H groups in total. The van der Waals surface area contributed by atoms with Crippen molar-refractivity contribution in [2.75, 3.05) is 6.54 Å². The van der Waals surface area contributed by atoms with Gasteiger partial charge in [-0.25, -0.2) is 4.98 Å². The summed E-state index contributed by atoms with van der Waals surface area (Å²) in [4.78, 5) is 15.5. The molecule has 0 spiro atoms. The van der Waals surface area contributed by atoms with Crippen LogP contribution < -0.4 is 11.1 Å². The highest BCUT2D eigenvalue weighted by atomic mass is 35.5. The average molecular weight is 380 g/mol. The number of carbonyl (C=O) groups is 1. The summed E-state index contributed by atoms with van der Waals surface area (Å²) in [7, 11) is 0. The largest absolute Gasteiger partial charge is 0.434 e. The van der Waals surface area contributed by atoms with Gasteiger partial charge in [0.25, 0.3) is 0 Å². The first kappa shape index (κ1) is 20.4. The Kier molecular flexibility index (Phi) is 7.19. The molecule has 24 heavy (non-hydrogen) atoms. The normalized spacial score (nSPS) is 12.4. The van der Waals surface area contributed by atoms with E-state index >= 15 is 0 Å². The summed E-state index contributed by atoms with van der Waals surface area (Å²) >= 11 is 0.921. The third-order valence-electron chi connectivity index (χ3n) is 3.20. The number of nitrogens with two attached hydrogens (primary N) is 1. The van der Waals surface area contributed by atoms with Gasteiger partial charge in [0.15, 0.2) is 5.69 Å². The van der Waals surface area contributed by atoms with Gasteiger partial charge in [-0.05, 0) is 12.5 Å². The summed E-state index contributed by atoms with van der Waals surface area (Å²) < 4.78 is 37.3. The third-order valence-corrected chi connectivity index (χ3v) is 4.11. The highest BCUT2D eigenvalue weighted by Gasteiger charge is 2.33. The van der Waals surface area contributed by atoms with Gasteiger partial charge in [-0.2, -0.15) is 13.2 Å². The van der Waals surface area contributed by atoms with Gasteiger partial charge < -0.3 is 11.1 Å². The van der Waals surface area contributed by atoms with E-state index in [1.807, 2.05) is 19.1 Å². The van der Waals surface area contributed by atoms with Gasteiger partial charge >= 0.3 is 6.18 Å². The van der Waals surface area contributed by atoms with Crippen LogP contribution in [0.1, 0.15) is 27.9 Å². The van der Waals surface area contributed by atoms with Crippen LogP contribution in [0.5, 0.6) is 0 Å². The third kappa shape index (κ3) is 5.47. The van der Waals surface area contributed by atoms with E-state index in [0.717, 1.165) is 22.3 Å². The molecule has 1 aromatic carbocycles. The summed E-state index contributed by atoms with van der Waals surface area (Å²) in [5.41, 5.74) is 6.70. The zero-order chi connectivity index (χ0) is 17.0. The molecule has 1 heterocycles. The highest BCUT2D eigenvalue weighted by molar-refractivity contribution is 7.09. The van der Waals surface area contributed by atoms with E-state index in [1.54, 1.807) is 12.1 Å². The number of aromatic nitrogens is 1. The zero-order valence-electron chi connectivity index (χ0n) is 12.8. The summed E-state index contributed by atoms with van der Waals surface area (Å²) in [5.74, 6) is -0.374. The number of benzene rings is 1. The van der Waals surface area contributed by atoms with Crippen LogP contribution in [0.15, 0.2) is 29.6 Å². The molecule has 9 heteroatoms. The molecule has 0 aliphatic heterocycles. The second-order valence-electron chi connectivity index (χ2n) is 5.05. The number of rotatable bonds is 5. The van der Waals surface area contributed by atoms with Crippen LogP contribution >= 0.6 is 23.7 Å². The van der Waals surface area contributed by atoms with Crippen LogP contribution in [-0.2, 0) is 17.4 Å². The van der Waals surface area contributed by atoms with Gasteiger partial charge in [0.2, 0.25) is 5.91 Å². The number of nitrogens with zero attached hydrogens (tertiary/aromatic N) is 1. The molecule has 1 amide bonds. The van der Waals surface area contributed by atoms with E-state index in [1.165, 1.54) is 0 Å². The van der Waals surface area contributed by atoms with Crippen molar-refractivity contribution in [2.45, 2.75) is 25.6 Å². The lowest BCUT2D eigenvalue weighted by atomic mass is 10.1. The molecule has 1 aromatic heterocycles. The Labute approximate surface area is 147 Å².